The molecule has 0 spiro atoms. The molecule has 1 atom stereocenters. The molecule has 2 heterocycles. The summed E-state index contributed by atoms with van der Waals surface area (Å²) < 4.78 is 11.0. The fourth-order valence-electron chi connectivity index (χ4n) is 4.17. The quantitative estimate of drug-likeness (QED) is 0.427. The Morgan fingerprint density at radius 2 is 1.35 bits per heavy atom. The van der Waals surface area contributed by atoms with Gasteiger partial charge in [-0.05, 0) is 70.9 Å². The summed E-state index contributed by atoms with van der Waals surface area (Å²) >= 11 is 0. The maximum absolute atomic E-state index is 12.7. The number of hydrogen-bond acceptors (Lipinski definition) is 4. The fourth-order valence-corrected chi connectivity index (χ4v) is 4.17. The summed E-state index contributed by atoms with van der Waals surface area (Å²) in [6.45, 7) is 12.9. The molecule has 0 saturated heterocycles. The highest BCUT2D eigenvalue weighted by atomic mass is 16.3. The lowest BCUT2D eigenvalue weighted by Gasteiger charge is -2.33. The van der Waals surface area contributed by atoms with E-state index in [4.69, 9.17) is 8.83 Å². The van der Waals surface area contributed by atoms with Gasteiger partial charge in [0.25, 0.3) is 11.8 Å². The minimum Gasteiger partial charge on any atom is -0.466 e. The maximum Gasteiger partial charge on any atom is 0.254 e. The van der Waals surface area contributed by atoms with Crippen LogP contribution in [-0.2, 0) is 0 Å². The van der Waals surface area contributed by atoms with Gasteiger partial charge in [-0.1, -0.05) is 26.7 Å². The largest absolute Gasteiger partial charge is 0.466 e. The van der Waals surface area contributed by atoms with Gasteiger partial charge in [-0.15, -0.1) is 0 Å². The second-order valence-electron chi connectivity index (χ2n) is 8.65. The molecule has 6 nitrogen and oxygen atoms in total. The molecule has 0 aliphatic rings. The molecule has 172 valence electrons. The van der Waals surface area contributed by atoms with Gasteiger partial charge in [-0.25, -0.2) is 0 Å². The Hall–Kier alpha value is -2.50. The van der Waals surface area contributed by atoms with Gasteiger partial charge in [0, 0.05) is 13.1 Å². The molecule has 0 aliphatic carbocycles. The topological polar surface area (TPSA) is 84.5 Å². The molecule has 0 aromatic carbocycles. The summed E-state index contributed by atoms with van der Waals surface area (Å²) in [7, 11) is 0. The molecule has 2 aromatic heterocycles. The van der Waals surface area contributed by atoms with E-state index in [1.807, 2.05) is 20.8 Å². The molecule has 2 N–H and O–H groups in total. The van der Waals surface area contributed by atoms with Gasteiger partial charge in [-0.2, -0.15) is 0 Å². The fraction of sp³-hybridized carbons (Fsp3) is 0.600. The maximum atomic E-state index is 12.7. The van der Waals surface area contributed by atoms with Crippen LogP contribution in [0.3, 0.4) is 0 Å². The Labute approximate surface area is 186 Å². The third-order valence-corrected chi connectivity index (χ3v) is 6.18. The van der Waals surface area contributed by atoms with E-state index in [1.54, 1.807) is 19.1 Å². The van der Waals surface area contributed by atoms with E-state index >= 15 is 0 Å². The molecule has 0 fully saturated rings. The standard InChI is InChI=1S/C25H38N2O4/c1-7-9-11-25(8-2,16-27-24(29)22-15-18(4)31-20(22)6)12-10-13-26-23(28)21-14-17(3)30-19(21)5/h14-15H,7-13,16H2,1-6H3,(H,26,28)(H,27,29). The summed E-state index contributed by atoms with van der Waals surface area (Å²) in [6.07, 6.45) is 6.07. The van der Waals surface area contributed by atoms with E-state index in [0.29, 0.717) is 35.7 Å². The second-order valence-corrected chi connectivity index (χ2v) is 8.65. The van der Waals surface area contributed by atoms with Crippen molar-refractivity contribution in [1.29, 1.82) is 0 Å². The van der Waals surface area contributed by atoms with Crippen LogP contribution < -0.4 is 10.6 Å². The van der Waals surface area contributed by atoms with E-state index < -0.39 is 0 Å². The van der Waals surface area contributed by atoms with Crippen LogP contribution in [0.4, 0.5) is 0 Å². The van der Waals surface area contributed by atoms with Crippen molar-refractivity contribution < 1.29 is 18.4 Å². The number of unbranched alkanes of at least 4 members (excludes halogenated alkanes) is 1. The van der Waals surface area contributed by atoms with Crippen molar-refractivity contribution in [1.82, 2.24) is 10.6 Å². The average molecular weight is 431 g/mol. The van der Waals surface area contributed by atoms with E-state index in [0.717, 1.165) is 50.0 Å². The molecular formula is C25H38N2O4. The Morgan fingerprint density at radius 3 is 1.81 bits per heavy atom. The van der Waals surface area contributed by atoms with E-state index in [1.165, 1.54) is 0 Å². The monoisotopic (exact) mass is 430 g/mol. The molecule has 0 radical (unpaired) electrons. The van der Waals surface area contributed by atoms with Gasteiger partial charge in [0.05, 0.1) is 11.1 Å². The molecule has 2 amide bonds. The van der Waals surface area contributed by atoms with Crippen molar-refractivity contribution in [3.05, 3.63) is 46.3 Å². The van der Waals surface area contributed by atoms with Crippen molar-refractivity contribution in [2.45, 2.75) is 80.1 Å². The highest BCUT2D eigenvalue weighted by Crippen LogP contribution is 2.33. The molecule has 1 unspecified atom stereocenters. The molecule has 2 aromatic rings. The SMILES string of the molecule is CCCCC(CC)(CCCNC(=O)c1cc(C)oc1C)CNC(=O)c1cc(C)oc1C. The minimum absolute atomic E-state index is 0.0191. The Bertz CT molecular complexity index is 880. The van der Waals surface area contributed by atoms with E-state index in [9.17, 15) is 9.59 Å². The molecular weight excluding hydrogens is 392 g/mol. The Morgan fingerprint density at radius 1 is 0.839 bits per heavy atom. The predicted molar refractivity (Wildman–Crippen MR) is 123 cm³/mol. The number of hydrogen-bond donors (Lipinski definition) is 2. The van der Waals surface area contributed by atoms with E-state index in [-0.39, 0.29) is 17.2 Å². The summed E-state index contributed by atoms with van der Waals surface area (Å²) in [4.78, 5) is 25.1. The van der Waals surface area contributed by atoms with E-state index in [2.05, 4.69) is 24.5 Å². The molecule has 31 heavy (non-hydrogen) atoms. The van der Waals surface area contributed by atoms with Crippen LogP contribution in [-0.4, -0.2) is 24.9 Å². The van der Waals surface area contributed by atoms with Crippen LogP contribution in [0.5, 0.6) is 0 Å². The molecule has 2 rings (SSSR count). The van der Waals surface area contributed by atoms with Crippen LogP contribution in [0, 0.1) is 33.1 Å². The van der Waals surface area contributed by atoms with Gasteiger partial charge in [0.15, 0.2) is 0 Å². The first-order valence-electron chi connectivity index (χ1n) is 11.4. The van der Waals surface area contributed by atoms with Crippen LogP contribution in [0.2, 0.25) is 0 Å². The summed E-state index contributed by atoms with van der Waals surface area (Å²) in [5.74, 6) is 2.61. The number of aryl methyl sites for hydroxylation is 4. The van der Waals surface area contributed by atoms with Gasteiger partial charge in [-0.3, -0.25) is 9.59 Å². The lowest BCUT2D eigenvalue weighted by molar-refractivity contribution is 0.0915. The number of carbonyl (C=O) groups is 2. The van der Waals surface area contributed by atoms with Crippen LogP contribution >= 0.6 is 0 Å². The third-order valence-electron chi connectivity index (χ3n) is 6.18. The number of rotatable bonds is 12. The van der Waals surface area contributed by atoms with Crippen LogP contribution in [0.25, 0.3) is 0 Å². The van der Waals surface area contributed by atoms with Gasteiger partial charge < -0.3 is 19.5 Å². The number of nitrogens with one attached hydrogen (secondary N) is 2. The van der Waals surface area contributed by atoms with Crippen molar-refractivity contribution >= 4 is 11.8 Å². The minimum atomic E-state index is -0.0934. The number of amides is 2. The van der Waals surface area contributed by atoms with Crippen molar-refractivity contribution in [2.75, 3.05) is 13.1 Å². The first-order chi connectivity index (χ1) is 14.7. The Balaban J connectivity index is 1.93. The first kappa shape index (κ1) is 24.8. The van der Waals surface area contributed by atoms with Crippen molar-refractivity contribution in [3.8, 4) is 0 Å². The summed E-state index contributed by atoms with van der Waals surface area (Å²) in [5, 5.41) is 6.15. The zero-order valence-corrected chi connectivity index (χ0v) is 19.9. The van der Waals surface area contributed by atoms with Crippen molar-refractivity contribution in [3.63, 3.8) is 0 Å². The molecule has 0 aliphatic heterocycles. The van der Waals surface area contributed by atoms with Crippen LogP contribution in [0.15, 0.2) is 21.0 Å². The second kappa shape index (κ2) is 11.2. The number of furan rings is 2. The zero-order chi connectivity index (χ0) is 23.0. The predicted octanol–water partition coefficient (Wildman–Crippen LogP) is 5.63. The zero-order valence-electron chi connectivity index (χ0n) is 19.9. The molecule has 6 heteroatoms. The van der Waals surface area contributed by atoms with Crippen LogP contribution in [0.1, 0.15) is 96.1 Å². The Kier molecular flexibility index (Phi) is 8.96. The molecule has 0 bridgehead atoms. The molecule has 0 saturated carbocycles. The first-order valence-corrected chi connectivity index (χ1v) is 11.4. The lowest BCUT2D eigenvalue weighted by Crippen LogP contribution is -2.38. The normalized spacial score (nSPS) is 13.1. The smallest absolute Gasteiger partial charge is 0.254 e. The highest BCUT2D eigenvalue weighted by Gasteiger charge is 2.28. The van der Waals surface area contributed by atoms with Crippen molar-refractivity contribution in [2.24, 2.45) is 5.41 Å². The van der Waals surface area contributed by atoms with Gasteiger partial charge >= 0.3 is 0 Å². The van der Waals surface area contributed by atoms with Gasteiger partial charge in [0.2, 0.25) is 0 Å². The summed E-state index contributed by atoms with van der Waals surface area (Å²) in [5.41, 5.74) is 1.23. The highest BCUT2D eigenvalue weighted by molar-refractivity contribution is 5.95. The number of carbonyl (C=O) groups excluding carboxylic acids is 2. The summed E-state index contributed by atoms with van der Waals surface area (Å²) in [6, 6.07) is 3.57. The third kappa shape index (κ3) is 6.74. The average Bonchev–Trinajstić information content (AvgIpc) is 3.26. The van der Waals surface area contributed by atoms with Gasteiger partial charge in [0.1, 0.15) is 23.0 Å². The lowest BCUT2D eigenvalue weighted by atomic mass is 9.76.